The number of carbonyl (C=O) groups is 2. The molecule has 0 bridgehead atoms. The molecule has 0 fully saturated rings. The van der Waals surface area contributed by atoms with E-state index in [9.17, 15) is 14.7 Å². The molecule has 1 rings (SSSR count). The third kappa shape index (κ3) is 2.59. The molecule has 0 saturated heterocycles. The Bertz CT molecular complexity index is 398. The van der Waals surface area contributed by atoms with Crippen molar-refractivity contribution in [1.29, 1.82) is 0 Å². The highest BCUT2D eigenvalue weighted by atomic mass is 16.5. The Morgan fingerprint density at radius 3 is 2.56 bits per heavy atom. The minimum atomic E-state index is -0.895. The topological polar surface area (TPSA) is 63.6 Å². The predicted octanol–water partition coefficient (Wildman–Crippen LogP) is 1.77. The van der Waals surface area contributed by atoms with Gasteiger partial charge in [0, 0.05) is 0 Å². The van der Waals surface area contributed by atoms with Gasteiger partial charge >= 0.3 is 5.97 Å². The zero-order chi connectivity index (χ0) is 12.1. The molecule has 0 saturated carbocycles. The van der Waals surface area contributed by atoms with Crippen LogP contribution in [0.25, 0.3) is 0 Å². The van der Waals surface area contributed by atoms with Crippen LogP contribution in [0.4, 0.5) is 0 Å². The highest BCUT2D eigenvalue weighted by Gasteiger charge is 2.25. The molecule has 0 heterocycles. The smallest absolute Gasteiger partial charge is 0.316 e. The molecule has 0 radical (unpaired) electrons. The van der Waals surface area contributed by atoms with Gasteiger partial charge in [-0.05, 0) is 26.0 Å². The molecule has 86 valence electrons. The van der Waals surface area contributed by atoms with Crippen LogP contribution >= 0.6 is 0 Å². The van der Waals surface area contributed by atoms with Gasteiger partial charge < -0.3 is 9.84 Å². The Morgan fingerprint density at radius 1 is 1.38 bits per heavy atom. The van der Waals surface area contributed by atoms with Gasteiger partial charge in [-0.1, -0.05) is 12.1 Å². The number of rotatable bonds is 4. The van der Waals surface area contributed by atoms with E-state index in [1.807, 2.05) is 0 Å². The number of carbonyl (C=O) groups excluding carboxylic acids is 2. The molecule has 1 unspecified atom stereocenters. The largest absolute Gasteiger partial charge is 0.507 e. The van der Waals surface area contributed by atoms with E-state index < -0.39 is 17.7 Å². The van der Waals surface area contributed by atoms with E-state index in [2.05, 4.69) is 0 Å². The zero-order valence-electron chi connectivity index (χ0n) is 9.27. The summed E-state index contributed by atoms with van der Waals surface area (Å²) in [6.45, 7) is 3.37. The molecule has 1 aromatic carbocycles. The summed E-state index contributed by atoms with van der Waals surface area (Å²) in [6, 6.07) is 6.13. The van der Waals surface area contributed by atoms with Crippen molar-refractivity contribution in [3.05, 3.63) is 29.8 Å². The Morgan fingerprint density at radius 2 is 2.00 bits per heavy atom. The fraction of sp³-hybridized carbons (Fsp3) is 0.333. The number of hydrogen-bond acceptors (Lipinski definition) is 4. The van der Waals surface area contributed by atoms with Crippen LogP contribution in [0.1, 0.15) is 24.2 Å². The van der Waals surface area contributed by atoms with Gasteiger partial charge in [0.05, 0.1) is 12.2 Å². The number of ketones is 1. The Balaban J connectivity index is 2.86. The summed E-state index contributed by atoms with van der Waals surface area (Å²) in [6.07, 6.45) is 0. The lowest BCUT2D eigenvalue weighted by Gasteiger charge is -2.10. The van der Waals surface area contributed by atoms with Crippen LogP contribution in [0.15, 0.2) is 24.3 Å². The van der Waals surface area contributed by atoms with E-state index in [4.69, 9.17) is 4.74 Å². The van der Waals surface area contributed by atoms with Crippen molar-refractivity contribution >= 4 is 11.8 Å². The second-order valence-electron chi connectivity index (χ2n) is 3.36. The van der Waals surface area contributed by atoms with Crippen LogP contribution in [0, 0.1) is 5.92 Å². The fourth-order valence-electron chi connectivity index (χ4n) is 1.29. The van der Waals surface area contributed by atoms with Crippen molar-refractivity contribution < 1.29 is 19.4 Å². The number of Topliss-reactive ketones (excluding diaryl/α,β-unsaturated/α-hetero) is 1. The van der Waals surface area contributed by atoms with E-state index in [1.54, 1.807) is 19.1 Å². The summed E-state index contributed by atoms with van der Waals surface area (Å²) >= 11 is 0. The molecule has 0 aromatic heterocycles. The summed E-state index contributed by atoms with van der Waals surface area (Å²) < 4.78 is 4.74. The molecule has 0 spiro atoms. The Hall–Kier alpha value is -1.84. The second kappa shape index (κ2) is 5.30. The van der Waals surface area contributed by atoms with Crippen molar-refractivity contribution in [3.63, 3.8) is 0 Å². The van der Waals surface area contributed by atoms with Crippen LogP contribution in [-0.2, 0) is 9.53 Å². The number of ether oxygens (including phenoxy) is 1. The number of phenols is 1. The zero-order valence-corrected chi connectivity index (χ0v) is 9.27. The first-order chi connectivity index (χ1) is 7.57. The van der Waals surface area contributed by atoms with Crippen molar-refractivity contribution in [1.82, 2.24) is 0 Å². The van der Waals surface area contributed by atoms with Crippen molar-refractivity contribution in [2.24, 2.45) is 5.92 Å². The van der Waals surface area contributed by atoms with E-state index in [-0.39, 0.29) is 17.9 Å². The lowest BCUT2D eigenvalue weighted by molar-refractivity contribution is -0.145. The number of esters is 1. The second-order valence-corrected chi connectivity index (χ2v) is 3.36. The van der Waals surface area contributed by atoms with Crippen molar-refractivity contribution in [2.75, 3.05) is 6.61 Å². The third-order valence-electron chi connectivity index (χ3n) is 2.20. The number of hydrogen-bond donors (Lipinski definition) is 1. The standard InChI is InChI=1S/C12H14O4/c1-3-16-12(15)8(2)11(14)9-6-4-5-7-10(9)13/h4-8,13H,3H2,1-2H3. The van der Waals surface area contributed by atoms with Gasteiger partial charge in [0.1, 0.15) is 11.7 Å². The number of aromatic hydroxyl groups is 1. The summed E-state index contributed by atoms with van der Waals surface area (Å²) in [5.41, 5.74) is 0.142. The quantitative estimate of drug-likeness (QED) is 0.479. The maximum atomic E-state index is 11.8. The first-order valence-corrected chi connectivity index (χ1v) is 5.06. The highest BCUT2D eigenvalue weighted by Crippen LogP contribution is 2.20. The van der Waals surface area contributed by atoms with Crippen LogP contribution in [0.2, 0.25) is 0 Å². The van der Waals surface area contributed by atoms with E-state index in [1.165, 1.54) is 19.1 Å². The van der Waals surface area contributed by atoms with Gasteiger partial charge in [-0.2, -0.15) is 0 Å². The Kier molecular flexibility index (Phi) is 4.05. The molecule has 1 atom stereocenters. The average molecular weight is 222 g/mol. The predicted molar refractivity (Wildman–Crippen MR) is 58.2 cm³/mol. The maximum absolute atomic E-state index is 11.8. The van der Waals surface area contributed by atoms with Crippen LogP contribution in [0.3, 0.4) is 0 Å². The Labute approximate surface area is 93.9 Å². The molecule has 1 N–H and O–H groups in total. The van der Waals surface area contributed by atoms with Gasteiger partial charge in [-0.25, -0.2) is 0 Å². The lowest BCUT2D eigenvalue weighted by Crippen LogP contribution is -2.23. The lowest BCUT2D eigenvalue weighted by atomic mass is 9.99. The number of benzene rings is 1. The number of phenolic OH excluding ortho intramolecular Hbond substituents is 1. The van der Waals surface area contributed by atoms with E-state index in [0.29, 0.717) is 0 Å². The molecule has 0 aliphatic heterocycles. The minimum Gasteiger partial charge on any atom is -0.507 e. The summed E-state index contributed by atoms with van der Waals surface area (Å²) in [5, 5.41) is 9.47. The van der Waals surface area contributed by atoms with Crippen LogP contribution in [-0.4, -0.2) is 23.5 Å². The molecule has 1 aromatic rings. The summed E-state index contributed by atoms with van der Waals surface area (Å²) in [4.78, 5) is 23.2. The van der Waals surface area contributed by atoms with Crippen LogP contribution < -0.4 is 0 Å². The van der Waals surface area contributed by atoms with Gasteiger partial charge in [0.25, 0.3) is 0 Å². The molecule has 4 heteroatoms. The molecular weight excluding hydrogens is 208 g/mol. The third-order valence-corrected chi connectivity index (χ3v) is 2.20. The van der Waals surface area contributed by atoms with Gasteiger partial charge in [-0.3, -0.25) is 9.59 Å². The van der Waals surface area contributed by atoms with E-state index >= 15 is 0 Å². The molecule has 4 nitrogen and oxygen atoms in total. The monoisotopic (exact) mass is 222 g/mol. The molecule has 0 aliphatic rings. The summed E-state index contributed by atoms with van der Waals surface area (Å²) in [7, 11) is 0. The average Bonchev–Trinajstić information content (AvgIpc) is 2.28. The van der Waals surface area contributed by atoms with E-state index in [0.717, 1.165) is 0 Å². The normalized spacial score (nSPS) is 11.9. The van der Waals surface area contributed by atoms with Gasteiger partial charge in [0.2, 0.25) is 0 Å². The highest BCUT2D eigenvalue weighted by molar-refractivity contribution is 6.09. The fourth-order valence-corrected chi connectivity index (χ4v) is 1.29. The number of para-hydroxylation sites is 1. The SMILES string of the molecule is CCOC(=O)C(C)C(=O)c1ccccc1O. The van der Waals surface area contributed by atoms with Gasteiger partial charge in [-0.15, -0.1) is 0 Å². The van der Waals surface area contributed by atoms with Crippen molar-refractivity contribution in [2.45, 2.75) is 13.8 Å². The first kappa shape index (κ1) is 12.2. The molecule has 0 aliphatic carbocycles. The van der Waals surface area contributed by atoms with Crippen molar-refractivity contribution in [3.8, 4) is 5.75 Å². The molecule has 0 amide bonds. The van der Waals surface area contributed by atoms with Crippen LogP contribution in [0.5, 0.6) is 5.75 Å². The van der Waals surface area contributed by atoms with Gasteiger partial charge in [0.15, 0.2) is 5.78 Å². The molecular formula is C12H14O4. The maximum Gasteiger partial charge on any atom is 0.316 e. The molecule has 16 heavy (non-hydrogen) atoms. The summed E-state index contributed by atoms with van der Waals surface area (Å²) in [5.74, 6) is -2.02. The first-order valence-electron chi connectivity index (χ1n) is 5.06. The minimum absolute atomic E-state index is 0.122.